The van der Waals surface area contributed by atoms with Crippen molar-refractivity contribution in [2.75, 3.05) is 30.8 Å². The predicted molar refractivity (Wildman–Crippen MR) is 82.5 cm³/mol. The predicted octanol–water partition coefficient (Wildman–Crippen LogP) is 3.58. The molecular weight excluding hydrogens is 347 g/mol. The molecule has 1 aliphatic rings. The van der Waals surface area contributed by atoms with Crippen LogP contribution in [0.5, 0.6) is 0 Å². The largest absolute Gasteiger partial charge is 0.417 e. The fourth-order valence-electron chi connectivity index (χ4n) is 2.67. The van der Waals surface area contributed by atoms with Crippen LogP contribution >= 0.6 is 15.9 Å². The molecule has 0 aliphatic carbocycles. The van der Waals surface area contributed by atoms with Crippen molar-refractivity contribution in [3.8, 4) is 0 Å². The van der Waals surface area contributed by atoms with Crippen LogP contribution in [0.15, 0.2) is 16.6 Å². The van der Waals surface area contributed by atoms with Gasteiger partial charge in [-0.15, -0.1) is 0 Å². The van der Waals surface area contributed by atoms with Gasteiger partial charge in [0.1, 0.15) is 0 Å². The van der Waals surface area contributed by atoms with Gasteiger partial charge in [0.15, 0.2) is 0 Å². The van der Waals surface area contributed by atoms with Gasteiger partial charge in [0.2, 0.25) is 0 Å². The fraction of sp³-hybridized carbons (Fsp3) is 0.571. The van der Waals surface area contributed by atoms with Crippen LogP contribution in [0, 0.1) is 0 Å². The molecule has 0 saturated carbocycles. The zero-order valence-electron chi connectivity index (χ0n) is 12.2. The number of piperazine rings is 1. The zero-order chi connectivity index (χ0) is 15.9. The molecule has 3 nitrogen and oxygen atoms in total. The summed E-state index contributed by atoms with van der Waals surface area (Å²) in [5.41, 5.74) is 6.06. The number of hydrogen-bond acceptors (Lipinski definition) is 3. The van der Waals surface area contributed by atoms with Crippen molar-refractivity contribution in [1.29, 1.82) is 0 Å². The van der Waals surface area contributed by atoms with Crippen LogP contribution in [-0.4, -0.2) is 37.1 Å². The maximum atomic E-state index is 13.0. The Morgan fingerprint density at radius 2 is 1.71 bits per heavy atom. The number of benzene rings is 1. The molecular formula is C14H19BrF3N3. The van der Waals surface area contributed by atoms with Gasteiger partial charge in [0.05, 0.1) is 16.9 Å². The summed E-state index contributed by atoms with van der Waals surface area (Å²) in [6, 6.07) is 2.99. The smallest absolute Gasteiger partial charge is 0.397 e. The van der Waals surface area contributed by atoms with Gasteiger partial charge >= 0.3 is 6.18 Å². The molecule has 21 heavy (non-hydrogen) atoms. The van der Waals surface area contributed by atoms with Crippen molar-refractivity contribution in [3.63, 3.8) is 0 Å². The van der Waals surface area contributed by atoms with E-state index in [1.165, 1.54) is 6.07 Å². The van der Waals surface area contributed by atoms with Crippen LogP contribution < -0.4 is 10.6 Å². The number of halogens is 4. The number of rotatable bonds is 1. The zero-order valence-corrected chi connectivity index (χ0v) is 13.8. The number of anilines is 2. The van der Waals surface area contributed by atoms with E-state index in [4.69, 9.17) is 5.73 Å². The number of hydrogen-bond donors (Lipinski definition) is 1. The Labute approximate surface area is 131 Å². The summed E-state index contributed by atoms with van der Waals surface area (Å²) in [5, 5.41) is 0. The quantitative estimate of drug-likeness (QED) is 0.772. The van der Waals surface area contributed by atoms with Crippen LogP contribution in [0.2, 0.25) is 0 Å². The fourth-order valence-corrected chi connectivity index (χ4v) is 3.26. The third-order valence-corrected chi connectivity index (χ3v) is 4.78. The van der Waals surface area contributed by atoms with E-state index < -0.39 is 11.7 Å². The topological polar surface area (TPSA) is 32.5 Å². The second-order valence-electron chi connectivity index (χ2n) is 5.66. The summed E-state index contributed by atoms with van der Waals surface area (Å²) >= 11 is 2.95. The molecule has 1 fully saturated rings. The molecule has 0 spiro atoms. The lowest BCUT2D eigenvalue weighted by atomic mass is 10.1. The summed E-state index contributed by atoms with van der Waals surface area (Å²) in [5.74, 6) is 0. The third kappa shape index (κ3) is 3.29. The first-order valence-electron chi connectivity index (χ1n) is 6.74. The van der Waals surface area contributed by atoms with Crippen LogP contribution in [-0.2, 0) is 6.18 Å². The first-order chi connectivity index (χ1) is 9.61. The van der Waals surface area contributed by atoms with Crippen LogP contribution in [0.3, 0.4) is 0 Å². The first-order valence-corrected chi connectivity index (χ1v) is 7.53. The molecule has 0 amide bonds. The van der Waals surface area contributed by atoms with E-state index in [-0.39, 0.29) is 16.6 Å². The maximum absolute atomic E-state index is 13.0. The molecule has 1 saturated heterocycles. The molecule has 0 unspecified atom stereocenters. The Bertz CT molecular complexity index is 521. The minimum Gasteiger partial charge on any atom is -0.397 e. The van der Waals surface area contributed by atoms with Crippen LogP contribution in [0.4, 0.5) is 24.5 Å². The minimum absolute atomic E-state index is 0.0218. The van der Waals surface area contributed by atoms with Crippen LogP contribution in [0.1, 0.15) is 19.4 Å². The van der Waals surface area contributed by atoms with Gasteiger partial charge in [0.25, 0.3) is 0 Å². The van der Waals surface area contributed by atoms with Crippen molar-refractivity contribution in [1.82, 2.24) is 4.90 Å². The van der Waals surface area contributed by atoms with Crippen molar-refractivity contribution in [3.05, 3.63) is 22.2 Å². The highest BCUT2D eigenvalue weighted by Gasteiger charge is 2.35. The Morgan fingerprint density at radius 1 is 1.19 bits per heavy atom. The first kappa shape index (κ1) is 16.4. The Hall–Kier alpha value is -0.950. The van der Waals surface area contributed by atoms with E-state index in [0.29, 0.717) is 24.5 Å². The summed E-state index contributed by atoms with van der Waals surface area (Å²) in [4.78, 5) is 4.16. The van der Waals surface area contributed by atoms with Gasteiger partial charge < -0.3 is 10.6 Å². The number of alkyl halides is 3. The molecule has 2 atom stereocenters. The van der Waals surface area contributed by atoms with E-state index in [9.17, 15) is 13.2 Å². The van der Waals surface area contributed by atoms with Gasteiger partial charge in [-0.3, -0.25) is 4.90 Å². The second kappa shape index (κ2) is 5.68. The molecule has 2 rings (SSSR count). The molecule has 7 heteroatoms. The van der Waals surface area contributed by atoms with Crippen molar-refractivity contribution >= 4 is 27.3 Å². The monoisotopic (exact) mass is 365 g/mol. The van der Waals surface area contributed by atoms with E-state index >= 15 is 0 Å². The molecule has 0 bridgehead atoms. The van der Waals surface area contributed by atoms with Gasteiger partial charge in [-0.05, 0) is 33.0 Å². The van der Waals surface area contributed by atoms with Gasteiger partial charge in [0, 0.05) is 29.6 Å². The number of likely N-dealkylation sites (N-methyl/N-ethyl adjacent to an activating group) is 1. The molecule has 0 aromatic heterocycles. The van der Waals surface area contributed by atoms with E-state index in [1.54, 1.807) is 0 Å². The Kier molecular flexibility index (Phi) is 4.44. The van der Waals surface area contributed by atoms with Gasteiger partial charge in [-0.2, -0.15) is 13.2 Å². The molecule has 1 aromatic carbocycles. The number of nitrogen functional groups attached to an aromatic ring is 1. The lowest BCUT2D eigenvalue weighted by molar-refractivity contribution is -0.138. The standard InChI is InChI=1S/C14H19BrF3N3/c1-8-6-21(7-9(2)20(8)3)13-4-10(14(16,17)18)11(15)5-12(13)19/h4-5,8-9H,6-7,19H2,1-3H3/t8-,9+. The van der Waals surface area contributed by atoms with Crippen LogP contribution in [0.25, 0.3) is 0 Å². The highest BCUT2D eigenvalue weighted by Crippen LogP contribution is 2.40. The van der Waals surface area contributed by atoms with E-state index in [1.807, 2.05) is 11.9 Å². The second-order valence-corrected chi connectivity index (χ2v) is 6.51. The summed E-state index contributed by atoms with van der Waals surface area (Å²) < 4.78 is 39.1. The van der Waals surface area contributed by atoms with Gasteiger partial charge in [-0.25, -0.2) is 0 Å². The third-order valence-electron chi connectivity index (χ3n) is 4.12. The highest BCUT2D eigenvalue weighted by molar-refractivity contribution is 9.10. The summed E-state index contributed by atoms with van der Waals surface area (Å²) in [7, 11) is 2.03. The molecule has 0 radical (unpaired) electrons. The SMILES string of the molecule is C[C@@H]1CN(c2cc(C(F)(F)F)c(Br)cc2N)C[C@H](C)N1C. The Balaban J connectivity index is 2.40. The van der Waals surface area contributed by atoms with Crippen molar-refractivity contribution in [2.45, 2.75) is 32.1 Å². The number of nitrogens with zero attached hydrogens (tertiary/aromatic N) is 2. The van der Waals surface area contributed by atoms with E-state index in [2.05, 4.69) is 34.7 Å². The van der Waals surface area contributed by atoms with Crippen molar-refractivity contribution < 1.29 is 13.2 Å². The lowest BCUT2D eigenvalue weighted by Gasteiger charge is -2.44. The number of nitrogens with two attached hydrogens (primary N) is 1. The molecule has 1 aliphatic heterocycles. The highest BCUT2D eigenvalue weighted by atomic mass is 79.9. The average Bonchev–Trinajstić information content (AvgIpc) is 2.33. The average molecular weight is 366 g/mol. The normalized spacial score (nSPS) is 24.4. The summed E-state index contributed by atoms with van der Waals surface area (Å²) in [6.07, 6.45) is -4.40. The lowest BCUT2D eigenvalue weighted by Crippen LogP contribution is -2.55. The van der Waals surface area contributed by atoms with Crippen molar-refractivity contribution in [2.24, 2.45) is 0 Å². The molecule has 2 N–H and O–H groups in total. The van der Waals surface area contributed by atoms with E-state index in [0.717, 1.165) is 6.07 Å². The molecule has 118 valence electrons. The molecule has 1 aromatic rings. The summed E-state index contributed by atoms with van der Waals surface area (Å²) in [6.45, 7) is 5.43. The maximum Gasteiger partial charge on any atom is 0.417 e. The molecule has 1 heterocycles. The minimum atomic E-state index is -4.40. The Morgan fingerprint density at radius 3 is 2.19 bits per heavy atom. The van der Waals surface area contributed by atoms with Gasteiger partial charge in [-0.1, -0.05) is 15.9 Å².